The summed E-state index contributed by atoms with van der Waals surface area (Å²) in [4.78, 5) is 23.5. The van der Waals surface area contributed by atoms with Crippen LogP contribution in [-0.4, -0.2) is 22.8 Å². The van der Waals surface area contributed by atoms with Crippen LogP contribution in [0.25, 0.3) is 0 Å². The van der Waals surface area contributed by atoms with Crippen LogP contribution in [0.2, 0.25) is 0 Å². The van der Waals surface area contributed by atoms with Crippen LogP contribution < -0.4 is 5.32 Å². The first-order chi connectivity index (χ1) is 9.13. The summed E-state index contributed by atoms with van der Waals surface area (Å²) in [5.41, 5.74) is 3.08. The Morgan fingerprint density at radius 2 is 2.21 bits per heavy atom. The van der Waals surface area contributed by atoms with Crippen LogP contribution in [0.3, 0.4) is 0 Å². The molecule has 0 aromatic carbocycles. The highest BCUT2D eigenvalue weighted by atomic mass is 16.1. The van der Waals surface area contributed by atoms with E-state index in [1.54, 1.807) is 0 Å². The van der Waals surface area contributed by atoms with Crippen molar-refractivity contribution in [1.82, 2.24) is 9.88 Å². The van der Waals surface area contributed by atoms with Gasteiger partial charge < -0.3 is 9.88 Å². The van der Waals surface area contributed by atoms with Crippen LogP contribution in [0, 0.1) is 6.92 Å². The largest absolute Gasteiger partial charge is 0.356 e. The van der Waals surface area contributed by atoms with E-state index in [0.717, 1.165) is 42.8 Å². The second-order valence-electron chi connectivity index (χ2n) is 5.17. The SMILES string of the molecule is CCCNC(=O)CCn1c(C)cc2c1CCCC2=O. The summed E-state index contributed by atoms with van der Waals surface area (Å²) in [5, 5.41) is 2.88. The Bertz CT molecular complexity index is 489. The van der Waals surface area contributed by atoms with Crippen LogP contribution in [0.5, 0.6) is 0 Å². The van der Waals surface area contributed by atoms with Gasteiger partial charge in [-0.05, 0) is 32.3 Å². The van der Waals surface area contributed by atoms with Crippen LogP contribution in [-0.2, 0) is 17.8 Å². The first-order valence-electron chi connectivity index (χ1n) is 7.12. The molecule has 1 aromatic rings. The fourth-order valence-corrected chi connectivity index (χ4v) is 2.67. The molecule has 1 N–H and O–H groups in total. The molecule has 0 fully saturated rings. The number of carbonyl (C=O) groups excluding carboxylic acids is 2. The van der Waals surface area contributed by atoms with Crippen LogP contribution in [0.4, 0.5) is 0 Å². The van der Waals surface area contributed by atoms with Gasteiger partial charge in [0.1, 0.15) is 0 Å². The number of ketones is 1. The second kappa shape index (κ2) is 6.04. The first-order valence-corrected chi connectivity index (χ1v) is 7.12. The van der Waals surface area contributed by atoms with Gasteiger partial charge in [-0.15, -0.1) is 0 Å². The lowest BCUT2D eigenvalue weighted by Gasteiger charge is -2.15. The van der Waals surface area contributed by atoms with Crippen molar-refractivity contribution < 1.29 is 9.59 Å². The molecule has 0 saturated carbocycles. The van der Waals surface area contributed by atoms with Crippen molar-refractivity contribution in [3.63, 3.8) is 0 Å². The van der Waals surface area contributed by atoms with Gasteiger partial charge in [-0.1, -0.05) is 6.92 Å². The smallest absolute Gasteiger partial charge is 0.221 e. The first kappa shape index (κ1) is 13.8. The number of amides is 1. The number of rotatable bonds is 5. The van der Waals surface area contributed by atoms with Gasteiger partial charge in [-0.2, -0.15) is 0 Å². The van der Waals surface area contributed by atoms with Crippen LogP contribution in [0.15, 0.2) is 6.07 Å². The van der Waals surface area contributed by atoms with Crippen LogP contribution in [0.1, 0.15) is 54.4 Å². The lowest BCUT2D eigenvalue weighted by atomic mass is 9.96. The van der Waals surface area contributed by atoms with Crippen molar-refractivity contribution in [3.8, 4) is 0 Å². The van der Waals surface area contributed by atoms with E-state index in [1.807, 2.05) is 19.9 Å². The Kier molecular flexibility index (Phi) is 4.40. The van der Waals surface area contributed by atoms with Crippen LogP contribution >= 0.6 is 0 Å². The molecule has 0 unspecified atom stereocenters. The van der Waals surface area contributed by atoms with Gasteiger partial charge in [0.2, 0.25) is 5.91 Å². The minimum Gasteiger partial charge on any atom is -0.356 e. The van der Waals surface area contributed by atoms with Crippen molar-refractivity contribution in [1.29, 1.82) is 0 Å². The summed E-state index contributed by atoms with van der Waals surface area (Å²) in [7, 11) is 0. The molecular weight excluding hydrogens is 240 g/mol. The van der Waals surface area contributed by atoms with E-state index in [2.05, 4.69) is 9.88 Å². The van der Waals surface area contributed by atoms with E-state index in [9.17, 15) is 9.59 Å². The Morgan fingerprint density at radius 3 is 2.95 bits per heavy atom. The number of aromatic nitrogens is 1. The third-order valence-corrected chi connectivity index (χ3v) is 3.67. The fourth-order valence-electron chi connectivity index (χ4n) is 2.67. The summed E-state index contributed by atoms with van der Waals surface area (Å²) in [6.07, 6.45) is 3.98. The molecule has 0 spiro atoms. The van der Waals surface area contributed by atoms with Crippen molar-refractivity contribution in [2.75, 3.05) is 6.54 Å². The molecule has 19 heavy (non-hydrogen) atoms. The van der Waals surface area contributed by atoms with Gasteiger partial charge in [0, 0.05) is 42.9 Å². The highest BCUT2D eigenvalue weighted by molar-refractivity contribution is 5.98. The Hall–Kier alpha value is -1.58. The van der Waals surface area contributed by atoms with E-state index in [0.29, 0.717) is 19.4 Å². The van der Waals surface area contributed by atoms with Gasteiger partial charge in [0.15, 0.2) is 5.78 Å². The zero-order valence-electron chi connectivity index (χ0n) is 11.8. The molecule has 1 aliphatic rings. The van der Waals surface area contributed by atoms with Gasteiger partial charge in [-0.3, -0.25) is 9.59 Å². The minimum absolute atomic E-state index is 0.0887. The maximum absolute atomic E-state index is 11.8. The number of nitrogens with zero attached hydrogens (tertiary/aromatic N) is 1. The molecule has 1 amide bonds. The molecule has 1 aliphatic carbocycles. The molecular formula is C15H22N2O2. The quantitative estimate of drug-likeness (QED) is 0.884. The third-order valence-electron chi connectivity index (χ3n) is 3.67. The molecule has 2 rings (SSSR count). The summed E-state index contributed by atoms with van der Waals surface area (Å²) in [6.45, 7) is 5.46. The number of nitrogens with one attached hydrogen (secondary N) is 1. The molecule has 0 aliphatic heterocycles. The zero-order chi connectivity index (χ0) is 13.8. The summed E-state index contributed by atoms with van der Waals surface area (Å²) in [5.74, 6) is 0.337. The van der Waals surface area contributed by atoms with E-state index >= 15 is 0 Å². The minimum atomic E-state index is 0.0887. The highest BCUT2D eigenvalue weighted by Crippen LogP contribution is 2.25. The van der Waals surface area contributed by atoms with Crippen molar-refractivity contribution in [3.05, 3.63) is 23.0 Å². The molecule has 1 aromatic heterocycles. The predicted molar refractivity (Wildman–Crippen MR) is 74.4 cm³/mol. The van der Waals surface area contributed by atoms with Gasteiger partial charge in [-0.25, -0.2) is 0 Å². The molecule has 4 nitrogen and oxygen atoms in total. The standard InChI is InChI=1S/C15H22N2O2/c1-3-8-16-15(19)7-9-17-11(2)10-12-13(17)5-4-6-14(12)18/h10H,3-9H2,1-2H3,(H,16,19). The van der Waals surface area contributed by atoms with Gasteiger partial charge in [0.25, 0.3) is 0 Å². The maximum atomic E-state index is 11.8. The van der Waals surface area contributed by atoms with E-state index in [1.165, 1.54) is 0 Å². The maximum Gasteiger partial charge on any atom is 0.221 e. The number of fused-ring (bicyclic) bond motifs is 1. The van der Waals surface area contributed by atoms with Crippen molar-refractivity contribution >= 4 is 11.7 Å². The molecule has 0 bridgehead atoms. The molecule has 104 valence electrons. The molecule has 1 heterocycles. The Balaban J connectivity index is 2.05. The van der Waals surface area contributed by atoms with Gasteiger partial charge >= 0.3 is 0 Å². The van der Waals surface area contributed by atoms with E-state index < -0.39 is 0 Å². The second-order valence-corrected chi connectivity index (χ2v) is 5.17. The number of carbonyl (C=O) groups is 2. The number of aryl methyl sites for hydroxylation is 1. The molecule has 0 radical (unpaired) electrons. The monoisotopic (exact) mass is 262 g/mol. The van der Waals surface area contributed by atoms with Crippen molar-refractivity contribution in [2.45, 2.75) is 52.5 Å². The molecule has 4 heteroatoms. The Labute approximate surface area is 114 Å². The molecule has 0 atom stereocenters. The number of hydrogen-bond acceptors (Lipinski definition) is 2. The fraction of sp³-hybridized carbons (Fsp3) is 0.600. The zero-order valence-corrected chi connectivity index (χ0v) is 11.8. The van der Waals surface area contributed by atoms with Gasteiger partial charge in [0.05, 0.1) is 0 Å². The number of Topliss-reactive ketones (excluding diaryl/α,β-unsaturated/α-hetero) is 1. The topological polar surface area (TPSA) is 51.1 Å². The Morgan fingerprint density at radius 1 is 1.42 bits per heavy atom. The van der Waals surface area contributed by atoms with E-state index in [4.69, 9.17) is 0 Å². The summed E-state index contributed by atoms with van der Waals surface area (Å²) in [6, 6.07) is 1.97. The summed E-state index contributed by atoms with van der Waals surface area (Å²) < 4.78 is 2.14. The molecule has 0 saturated heterocycles. The third kappa shape index (κ3) is 3.06. The average Bonchev–Trinajstić information content (AvgIpc) is 2.71. The normalized spacial score (nSPS) is 14.3. The lowest BCUT2D eigenvalue weighted by molar-refractivity contribution is -0.121. The lowest BCUT2D eigenvalue weighted by Crippen LogP contribution is -2.25. The number of hydrogen-bond donors (Lipinski definition) is 1. The van der Waals surface area contributed by atoms with Crippen molar-refractivity contribution in [2.24, 2.45) is 0 Å². The van der Waals surface area contributed by atoms with E-state index in [-0.39, 0.29) is 11.7 Å². The highest BCUT2D eigenvalue weighted by Gasteiger charge is 2.22. The average molecular weight is 262 g/mol. The summed E-state index contributed by atoms with van der Waals surface area (Å²) >= 11 is 0. The predicted octanol–water partition coefficient (Wildman–Crippen LogP) is 2.23.